The minimum atomic E-state index is -4.39. The fraction of sp³-hybridized carbons (Fsp3) is 0.571. The average molecular weight is 307 g/mol. The summed E-state index contributed by atoms with van der Waals surface area (Å²) in [5, 5.41) is 12.6. The van der Waals surface area contributed by atoms with Crippen LogP contribution in [0.2, 0.25) is 0 Å². The van der Waals surface area contributed by atoms with E-state index in [1.165, 1.54) is 13.2 Å². The van der Waals surface area contributed by atoms with Crippen molar-refractivity contribution in [2.75, 3.05) is 20.3 Å². The third-order valence-electron chi connectivity index (χ3n) is 2.51. The first-order valence-corrected chi connectivity index (χ1v) is 6.40. The highest BCUT2D eigenvalue weighted by atomic mass is 19.4. The molecule has 0 aromatic heterocycles. The fourth-order valence-electron chi connectivity index (χ4n) is 1.61. The molecule has 0 bridgehead atoms. The summed E-state index contributed by atoms with van der Waals surface area (Å²) in [5.74, 6) is 0.280. The van der Waals surface area contributed by atoms with Crippen LogP contribution in [0.15, 0.2) is 18.2 Å². The molecule has 0 saturated heterocycles. The van der Waals surface area contributed by atoms with Gasteiger partial charge in [0.05, 0.1) is 12.7 Å². The number of aliphatic hydroxyl groups is 1. The number of halogens is 3. The number of nitrogens with one attached hydrogen (secondary N) is 1. The van der Waals surface area contributed by atoms with Gasteiger partial charge in [0.15, 0.2) is 18.1 Å². The maximum absolute atomic E-state index is 12.1. The Morgan fingerprint density at radius 3 is 2.38 bits per heavy atom. The van der Waals surface area contributed by atoms with Gasteiger partial charge >= 0.3 is 6.18 Å². The van der Waals surface area contributed by atoms with Crippen LogP contribution in [-0.4, -0.2) is 37.1 Å². The van der Waals surface area contributed by atoms with Gasteiger partial charge in [-0.3, -0.25) is 0 Å². The molecule has 0 aliphatic rings. The molecule has 0 atom stereocenters. The normalized spacial score (nSPS) is 12.3. The van der Waals surface area contributed by atoms with Crippen LogP contribution in [0.5, 0.6) is 11.5 Å². The van der Waals surface area contributed by atoms with Crippen LogP contribution in [0.1, 0.15) is 19.4 Å². The molecule has 21 heavy (non-hydrogen) atoms. The lowest BCUT2D eigenvalue weighted by molar-refractivity contribution is -0.153. The second-order valence-corrected chi connectivity index (χ2v) is 5.31. The zero-order valence-corrected chi connectivity index (χ0v) is 12.3. The van der Waals surface area contributed by atoms with E-state index < -0.39 is 18.4 Å². The minimum Gasteiger partial charge on any atom is -0.493 e. The van der Waals surface area contributed by atoms with Crippen molar-refractivity contribution in [1.29, 1.82) is 0 Å². The smallest absolute Gasteiger partial charge is 0.422 e. The Bertz CT molecular complexity index is 456. The van der Waals surface area contributed by atoms with Gasteiger partial charge < -0.3 is 19.9 Å². The molecule has 2 N–H and O–H groups in total. The van der Waals surface area contributed by atoms with Gasteiger partial charge in [-0.25, -0.2) is 0 Å². The van der Waals surface area contributed by atoms with Gasteiger partial charge in [-0.2, -0.15) is 13.2 Å². The number of hydrogen-bond acceptors (Lipinski definition) is 4. The first-order chi connectivity index (χ1) is 9.61. The number of alkyl halides is 3. The summed E-state index contributed by atoms with van der Waals surface area (Å²) in [6.45, 7) is 2.84. The molecule has 120 valence electrons. The quantitative estimate of drug-likeness (QED) is 0.812. The van der Waals surface area contributed by atoms with Crippen LogP contribution in [-0.2, 0) is 6.54 Å². The molecule has 1 aromatic rings. The molecule has 0 amide bonds. The topological polar surface area (TPSA) is 50.7 Å². The Balaban J connectivity index is 2.65. The van der Waals surface area contributed by atoms with Gasteiger partial charge in [-0.05, 0) is 31.5 Å². The zero-order chi connectivity index (χ0) is 16.1. The molecule has 0 aliphatic heterocycles. The molecule has 7 heteroatoms. The summed E-state index contributed by atoms with van der Waals surface area (Å²) in [5.41, 5.74) is -0.0182. The van der Waals surface area contributed by atoms with E-state index >= 15 is 0 Å². The van der Waals surface area contributed by atoms with E-state index in [1.54, 1.807) is 26.0 Å². The average Bonchev–Trinajstić information content (AvgIpc) is 2.34. The summed E-state index contributed by atoms with van der Waals surface area (Å²) in [6, 6.07) is 4.68. The van der Waals surface area contributed by atoms with Gasteiger partial charge in [0.1, 0.15) is 0 Å². The van der Waals surface area contributed by atoms with Crippen molar-refractivity contribution in [1.82, 2.24) is 5.32 Å². The van der Waals surface area contributed by atoms with Crippen LogP contribution >= 0.6 is 0 Å². The molecule has 0 unspecified atom stereocenters. The lowest BCUT2D eigenvalue weighted by Crippen LogP contribution is -2.34. The van der Waals surface area contributed by atoms with Crippen LogP contribution < -0.4 is 14.8 Å². The molecule has 0 radical (unpaired) electrons. The largest absolute Gasteiger partial charge is 0.493 e. The second-order valence-electron chi connectivity index (χ2n) is 5.31. The van der Waals surface area contributed by atoms with Gasteiger partial charge in [0.25, 0.3) is 0 Å². The first-order valence-electron chi connectivity index (χ1n) is 6.40. The SMILES string of the molecule is COc1cc(CNCC(C)(C)O)ccc1OCC(F)(F)F. The van der Waals surface area contributed by atoms with Crippen molar-refractivity contribution in [2.45, 2.75) is 32.2 Å². The summed E-state index contributed by atoms with van der Waals surface area (Å²) in [6.07, 6.45) is -4.39. The molecule has 0 heterocycles. The van der Waals surface area contributed by atoms with E-state index in [0.717, 1.165) is 5.56 Å². The number of methoxy groups -OCH3 is 1. The Hall–Kier alpha value is -1.47. The van der Waals surface area contributed by atoms with E-state index in [4.69, 9.17) is 9.47 Å². The van der Waals surface area contributed by atoms with E-state index in [1.807, 2.05) is 0 Å². The van der Waals surface area contributed by atoms with E-state index in [0.29, 0.717) is 13.1 Å². The molecule has 4 nitrogen and oxygen atoms in total. The first kappa shape index (κ1) is 17.6. The predicted molar refractivity (Wildman–Crippen MR) is 72.5 cm³/mol. The molecular weight excluding hydrogens is 287 g/mol. The van der Waals surface area contributed by atoms with Crippen LogP contribution in [0.25, 0.3) is 0 Å². The maximum atomic E-state index is 12.1. The predicted octanol–water partition coefficient (Wildman–Crippen LogP) is 2.50. The Morgan fingerprint density at radius 2 is 1.86 bits per heavy atom. The van der Waals surface area contributed by atoms with E-state index in [9.17, 15) is 18.3 Å². The van der Waals surface area contributed by atoms with Gasteiger partial charge in [-0.15, -0.1) is 0 Å². The third kappa shape index (κ3) is 7.19. The molecule has 0 fully saturated rings. The molecule has 0 spiro atoms. The fourth-order valence-corrected chi connectivity index (χ4v) is 1.61. The highest BCUT2D eigenvalue weighted by molar-refractivity contribution is 5.43. The standard InChI is InChI=1S/C14H20F3NO3/c1-13(2,19)8-18-7-10-4-5-11(12(6-10)20-3)21-9-14(15,16)17/h4-6,18-19H,7-9H2,1-3H3. The Labute approximate surface area is 121 Å². The van der Waals surface area contributed by atoms with Crippen molar-refractivity contribution < 1.29 is 27.8 Å². The van der Waals surface area contributed by atoms with E-state index in [-0.39, 0.29) is 11.5 Å². The summed E-state index contributed by atoms with van der Waals surface area (Å²) in [4.78, 5) is 0. The number of ether oxygens (including phenoxy) is 2. The van der Waals surface area contributed by atoms with Gasteiger partial charge in [0.2, 0.25) is 0 Å². The molecule has 1 rings (SSSR count). The summed E-state index contributed by atoms with van der Waals surface area (Å²) >= 11 is 0. The van der Waals surface area contributed by atoms with Crippen molar-refractivity contribution in [2.24, 2.45) is 0 Å². The van der Waals surface area contributed by atoms with Crippen molar-refractivity contribution >= 4 is 0 Å². The number of benzene rings is 1. The highest BCUT2D eigenvalue weighted by Gasteiger charge is 2.29. The molecule has 0 aliphatic carbocycles. The zero-order valence-electron chi connectivity index (χ0n) is 12.3. The Kier molecular flexibility index (Phi) is 5.86. The molecule has 1 aromatic carbocycles. The lowest BCUT2D eigenvalue weighted by Gasteiger charge is -2.18. The highest BCUT2D eigenvalue weighted by Crippen LogP contribution is 2.29. The monoisotopic (exact) mass is 307 g/mol. The van der Waals surface area contributed by atoms with Crippen molar-refractivity contribution in [3.05, 3.63) is 23.8 Å². The van der Waals surface area contributed by atoms with Crippen LogP contribution in [0, 0.1) is 0 Å². The maximum Gasteiger partial charge on any atom is 0.422 e. The van der Waals surface area contributed by atoms with Crippen LogP contribution in [0.4, 0.5) is 13.2 Å². The van der Waals surface area contributed by atoms with E-state index in [2.05, 4.69) is 5.32 Å². The lowest BCUT2D eigenvalue weighted by atomic mass is 10.1. The number of rotatable bonds is 7. The van der Waals surface area contributed by atoms with Gasteiger partial charge in [-0.1, -0.05) is 6.07 Å². The molecular formula is C14H20F3NO3. The third-order valence-corrected chi connectivity index (χ3v) is 2.51. The number of hydrogen-bond donors (Lipinski definition) is 2. The molecule has 0 saturated carbocycles. The Morgan fingerprint density at radius 1 is 1.19 bits per heavy atom. The van der Waals surface area contributed by atoms with Crippen molar-refractivity contribution in [3.63, 3.8) is 0 Å². The van der Waals surface area contributed by atoms with Crippen LogP contribution in [0.3, 0.4) is 0 Å². The van der Waals surface area contributed by atoms with Gasteiger partial charge in [0, 0.05) is 13.1 Å². The second kappa shape index (κ2) is 7.00. The van der Waals surface area contributed by atoms with Crippen molar-refractivity contribution in [3.8, 4) is 11.5 Å². The summed E-state index contributed by atoms with van der Waals surface area (Å²) in [7, 11) is 1.36. The summed E-state index contributed by atoms with van der Waals surface area (Å²) < 4.78 is 46.1. The minimum absolute atomic E-state index is 0.0427.